The predicted molar refractivity (Wildman–Crippen MR) is 75.8 cm³/mol. The van der Waals surface area contributed by atoms with Gasteiger partial charge in [0.1, 0.15) is 5.82 Å². The van der Waals surface area contributed by atoms with Crippen molar-refractivity contribution in [3.63, 3.8) is 0 Å². The molecule has 2 rings (SSSR count). The van der Waals surface area contributed by atoms with Crippen molar-refractivity contribution in [2.75, 3.05) is 13.2 Å². The van der Waals surface area contributed by atoms with Gasteiger partial charge in [-0.2, -0.15) is 0 Å². The zero-order valence-electron chi connectivity index (χ0n) is 12.1. The first-order valence-electron chi connectivity index (χ1n) is 7.19. The summed E-state index contributed by atoms with van der Waals surface area (Å²) in [7, 11) is 0. The molecule has 0 unspecified atom stereocenters. The van der Waals surface area contributed by atoms with E-state index in [4.69, 9.17) is 4.74 Å². The van der Waals surface area contributed by atoms with Crippen LogP contribution in [0.1, 0.15) is 25.8 Å². The Balaban J connectivity index is 1.96. The van der Waals surface area contributed by atoms with Gasteiger partial charge in [0.25, 0.3) is 0 Å². The fourth-order valence-corrected chi connectivity index (χ4v) is 2.37. The molecule has 0 aromatic heterocycles. The van der Waals surface area contributed by atoms with Crippen LogP contribution >= 0.6 is 0 Å². The highest BCUT2D eigenvalue weighted by Crippen LogP contribution is 2.16. The van der Waals surface area contributed by atoms with Gasteiger partial charge in [-0.1, -0.05) is 26.0 Å². The van der Waals surface area contributed by atoms with Crippen molar-refractivity contribution in [3.8, 4) is 0 Å². The van der Waals surface area contributed by atoms with Gasteiger partial charge in [0.05, 0.1) is 12.5 Å². The van der Waals surface area contributed by atoms with Crippen LogP contribution in [0.5, 0.6) is 0 Å². The van der Waals surface area contributed by atoms with Gasteiger partial charge in [-0.3, -0.25) is 4.79 Å². The molecule has 20 heavy (non-hydrogen) atoms. The van der Waals surface area contributed by atoms with Crippen LogP contribution in [0, 0.1) is 17.7 Å². The number of amides is 1. The number of benzene rings is 1. The van der Waals surface area contributed by atoms with Crippen LogP contribution in [0.4, 0.5) is 4.39 Å². The number of rotatable bonds is 5. The Morgan fingerprint density at radius 3 is 2.65 bits per heavy atom. The summed E-state index contributed by atoms with van der Waals surface area (Å²) in [6, 6.07) is 6.53. The van der Waals surface area contributed by atoms with Crippen molar-refractivity contribution in [1.29, 1.82) is 0 Å². The van der Waals surface area contributed by atoms with Crippen molar-refractivity contribution in [2.45, 2.75) is 32.7 Å². The average Bonchev–Trinajstić information content (AvgIpc) is 2.94. The molecule has 1 amide bonds. The summed E-state index contributed by atoms with van der Waals surface area (Å²) in [5.74, 6) is 0.140. The number of ether oxygens (including phenoxy) is 1. The first-order valence-corrected chi connectivity index (χ1v) is 7.19. The van der Waals surface area contributed by atoms with Crippen molar-refractivity contribution in [3.05, 3.63) is 35.6 Å². The summed E-state index contributed by atoms with van der Waals surface area (Å²) in [5, 5.41) is 3.11. The topological polar surface area (TPSA) is 38.3 Å². The zero-order valence-corrected chi connectivity index (χ0v) is 12.1. The second-order valence-corrected chi connectivity index (χ2v) is 5.75. The number of nitrogens with one attached hydrogen (secondary N) is 1. The molecule has 0 spiro atoms. The van der Waals surface area contributed by atoms with Gasteiger partial charge in [0.2, 0.25) is 5.91 Å². The number of carbonyl (C=O) groups excluding carboxylic acids is 1. The summed E-state index contributed by atoms with van der Waals surface area (Å²) < 4.78 is 18.2. The molecule has 0 bridgehead atoms. The van der Waals surface area contributed by atoms with Crippen molar-refractivity contribution < 1.29 is 13.9 Å². The smallest absolute Gasteiger partial charge is 0.225 e. The molecule has 1 heterocycles. The Morgan fingerprint density at radius 2 is 2.10 bits per heavy atom. The third kappa shape index (κ3) is 4.04. The van der Waals surface area contributed by atoms with Crippen LogP contribution in [0.25, 0.3) is 0 Å². The minimum absolute atomic E-state index is 0.0236. The van der Waals surface area contributed by atoms with Crippen molar-refractivity contribution >= 4 is 5.91 Å². The van der Waals surface area contributed by atoms with E-state index in [-0.39, 0.29) is 23.7 Å². The van der Waals surface area contributed by atoms with Crippen molar-refractivity contribution in [1.82, 2.24) is 5.32 Å². The molecule has 110 valence electrons. The molecular weight excluding hydrogens is 257 g/mol. The van der Waals surface area contributed by atoms with Gasteiger partial charge >= 0.3 is 0 Å². The molecule has 2 atom stereocenters. The van der Waals surface area contributed by atoms with E-state index in [1.165, 1.54) is 12.1 Å². The molecule has 3 nitrogen and oxygen atoms in total. The SMILES string of the molecule is CC(C)[C@@H](Cc1ccc(F)cc1)NC(=O)[C@@H]1CCOC1. The van der Waals surface area contributed by atoms with Gasteiger partial charge in [-0.05, 0) is 36.5 Å². The van der Waals surface area contributed by atoms with Crippen molar-refractivity contribution in [2.24, 2.45) is 11.8 Å². The van der Waals surface area contributed by atoms with E-state index < -0.39 is 0 Å². The van der Waals surface area contributed by atoms with Gasteiger partial charge < -0.3 is 10.1 Å². The maximum absolute atomic E-state index is 12.9. The monoisotopic (exact) mass is 279 g/mol. The van der Waals surface area contributed by atoms with Gasteiger partial charge in [-0.15, -0.1) is 0 Å². The van der Waals surface area contributed by atoms with E-state index in [1.807, 2.05) is 0 Å². The van der Waals surface area contributed by atoms with Crippen LogP contribution in [-0.2, 0) is 16.0 Å². The van der Waals surface area contributed by atoms with Crippen LogP contribution in [0.2, 0.25) is 0 Å². The third-order valence-electron chi connectivity index (χ3n) is 3.80. The molecule has 1 saturated heterocycles. The lowest BCUT2D eigenvalue weighted by molar-refractivity contribution is -0.126. The van der Waals surface area contributed by atoms with Crippen LogP contribution in [0.15, 0.2) is 24.3 Å². The molecule has 1 aliphatic heterocycles. The summed E-state index contributed by atoms with van der Waals surface area (Å²) in [6.07, 6.45) is 1.52. The molecule has 0 saturated carbocycles. The van der Waals surface area contributed by atoms with E-state index in [9.17, 15) is 9.18 Å². The molecule has 0 radical (unpaired) electrons. The summed E-state index contributed by atoms with van der Waals surface area (Å²) in [6.45, 7) is 5.36. The Labute approximate surface area is 119 Å². The van der Waals surface area contributed by atoms with Crippen LogP contribution in [-0.4, -0.2) is 25.2 Å². The molecule has 1 aliphatic rings. The highest BCUT2D eigenvalue weighted by Gasteiger charge is 2.26. The lowest BCUT2D eigenvalue weighted by Gasteiger charge is -2.24. The molecule has 1 aromatic carbocycles. The maximum Gasteiger partial charge on any atom is 0.225 e. The molecule has 1 fully saturated rings. The average molecular weight is 279 g/mol. The van der Waals surface area contributed by atoms with Crippen LogP contribution < -0.4 is 5.32 Å². The molecule has 4 heteroatoms. The third-order valence-corrected chi connectivity index (χ3v) is 3.80. The van der Waals surface area contributed by atoms with Gasteiger partial charge in [-0.25, -0.2) is 4.39 Å². The normalized spacial score (nSPS) is 20.1. The number of carbonyl (C=O) groups is 1. The van der Waals surface area contributed by atoms with Crippen LogP contribution in [0.3, 0.4) is 0 Å². The Bertz CT molecular complexity index is 438. The second kappa shape index (κ2) is 6.84. The molecule has 1 aromatic rings. The number of halogens is 1. The highest BCUT2D eigenvalue weighted by molar-refractivity contribution is 5.79. The lowest BCUT2D eigenvalue weighted by atomic mass is 9.95. The maximum atomic E-state index is 12.9. The Hall–Kier alpha value is -1.42. The molecule has 0 aliphatic carbocycles. The second-order valence-electron chi connectivity index (χ2n) is 5.75. The quantitative estimate of drug-likeness (QED) is 0.899. The van der Waals surface area contributed by atoms with E-state index in [1.54, 1.807) is 12.1 Å². The predicted octanol–water partition coefficient (Wildman–Crippen LogP) is 2.55. The number of hydrogen-bond donors (Lipinski definition) is 1. The lowest BCUT2D eigenvalue weighted by Crippen LogP contribution is -2.43. The largest absolute Gasteiger partial charge is 0.381 e. The Kier molecular flexibility index (Phi) is 5.12. The van der Waals surface area contributed by atoms with E-state index in [0.717, 1.165) is 18.4 Å². The molecular formula is C16H22FNO2. The summed E-state index contributed by atoms with van der Waals surface area (Å²) in [4.78, 5) is 12.2. The standard InChI is InChI=1S/C16H22FNO2/c1-11(2)15(9-12-3-5-14(17)6-4-12)18-16(19)13-7-8-20-10-13/h3-6,11,13,15H,7-10H2,1-2H3,(H,18,19)/t13-,15-/m1/s1. The number of hydrogen-bond acceptors (Lipinski definition) is 2. The summed E-state index contributed by atoms with van der Waals surface area (Å²) >= 11 is 0. The van der Waals surface area contributed by atoms with E-state index in [2.05, 4.69) is 19.2 Å². The van der Waals surface area contributed by atoms with E-state index in [0.29, 0.717) is 19.1 Å². The van der Waals surface area contributed by atoms with Gasteiger partial charge in [0.15, 0.2) is 0 Å². The minimum Gasteiger partial charge on any atom is -0.381 e. The summed E-state index contributed by atoms with van der Waals surface area (Å²) in [5.41, 5.74) is 1.04. The zero-order chi connectivity index (χ0) is 14.5. The first-order chi connectivity index (χ1) is 9.56. The first kappa shape index (κ1) is 15.0. The minimum atomic E-state index is -0.234. The van der Waals surface area contributed by atoms with Gasteiger partial charge in [0, 0.05) is 12.6 Å². The highest BCUT2D eigenvalue weighted by atomic mass is 19.1. The fourth-order valence-electron chi connectivity index (χ4n) is 2.37. The van der Waals surface area contributed by atoms with E-state index >= 15 is 0 Å². The molecule has 1 N–H and O–H groups in total. The fraction of sp³-hybridized carbons (Fsp3) is 0.562. The Morgan fingerprint density at radius 1 is 1.40 bits per heavy atom.